The number of carbonyl (C=O) groups excluding carboxylic acids is 1. The van der Waals surface area contributed by atoms with E-state index in [1.165, 1.54) is 42.5 Å². The van der Waals surface area contributed by atoms with Gasteiger partial charge in [-0.25, -0.2) is 0 Å². The number of furan rings is 1. The van der Waals surface area contributed by atoms with Crippen LogP contribution in [0.3, 0.4) is 0 Å². The van der Waals surface area contributed by atoms with Crippen molar-refractivity contribution in [2.24, 2.45) is 0 Å². The summed E-state index contributed by atoms with van der Waals surface area (Å²) in [5.74, 6) is -0.496. The summed E-state index contributed by atoms with van der Waals surface area (Å²) in [5.41, 5.74) is -1.31. The summed E-state index contributed by atoms with van der Waals surface area (Å²) < 4.78 is 44.5. The molecule has 11 heteroatoms. The Balaban J connectivity index is 1.80. The van der Waals surface area contributed by atoms with Gasteiger partial charge in [0.1, 0.15) is 23.2 Å². The van der Waals surface area contributed by atoms with Gasteiger partial charge in [-0.2, -0.15) is 18.4 Å². The van der Waals surface area contributed by atoms with Crippen LogP contribution in [0.2, 0.25) is 5.02 Å². The molecule has 0 unspecified atom stereocenters. The number of nitrogens with one attached hydrogen (secondary N) is 1. The van der Waals surface area contributed by atoms with Crippen molar-refractivity contribution >= 4 is 35.0 Å². The highest BCUT2D eigenvalue weighted by molar-refractivity contribution is 6.31. The summed E-state index contributed by atoms with van der Waals surface area (Å²) in [4.78, 5) is 22.5. The number of amides is 1. The van der Waals surface area contributed by atoms with E-state index in [-0.39, 0.29) is 17.1 Å². The van der Waals surface area contributed by atoms with E-state index >= 15 is 0 Å². The van der Waals surface area contributed by atoms with Crippen LogP contribution < -0.4 is 5.32 Å². The van der Waals surface area contributed by atoms with Crippen LogP contribution in [0.1, 0.15) is 11.3 Å². The van der Waals surface area contributed by atoms with Gasteiger partial charge in [-0.15, -0.1) is 0 Å². The van der Waals surface area contributed by atoms with E-state index in [1.54, 1.807) is 6.07 Å². The molecule has 1 heterocycles. The van der Waals surface area contributed by atoms with Crippen molar-refractivity contribution in [3.8, 4) is 17.4 Å². The second-order valence-electron chi connectivity index (χ2n) is 6.32. The Morgan fingerprint density at radius 2 is 1.84 bits per heavy atom. The Bertz CT molecular complexity index is 1260. The molecule has 0 radical (unpaired) electrons. The van der Waals surface area contributed by atoms with Gasteiger partial charge in [0, 0.05) is 29.5 Å². The maximum Gasteiger partial charge on any atom is 0.417 e. The molecule has 0 aliphatic heterocycles. The summed E-state index contributed by atoms with van der Waals surface area (Å²) in [6, 6.07) is 13.0. The fourth-order valence-corrected chi connectivity index (χ4v) is 2.87. The first kappa shape index (κ1) is 22.6. The number of non-ortho nitro benzene ring substituents is 1. The van der Waals surface area contributed by atoms with Crippen molar-refractivity contribution in [2.75, 3.05) is 5.32 Å². The third-order valence-electron chi connectivity index (χ3n) is 4.17. The highest BCUT2D eigenvalue weighted by Crippen LogP contribution is 2.36. The second kappa shape index (κ2) is 8.95. The zero-order valence-corrected chi connectivity index (χ0v) is 16.6. The molecule has 1 N–H and O–H groups in total. The molecule has 32 heavy (non-hydrogen) atoms. The molecule has 1 aromatic heterocycles. The molecular formula is C21H11ClF3N3O4. The van der Waals surface area contributed by atoms with Crippen LogP contribution in [0.5, 0.6) is 0 Å². The predicted molar refractivity (Wildman–Crippen MR) is 109 cm³/mol. The number of halogens is 4. The van der Waals surface area contributed by atoms with Gasteiger partial charge in [0.25, 0.3) is 11.6 Å². The summed E-state index contributed by atoms with van der Waals surface area (Å²) in [6.07, 6.45) is -3.60. The van der Waals surface area contributed by atoms with E-state index in [2.05, 4.69) is 5.32 Å². The lowest BCUT2D eigenvalue weighted by Gasteiger charge is -2.11. The van der Waals surface area contributed by atoms with Gasteiger partial charge in [-0.3, -0.25) is 14.9 Å². The van der Waals surface area contributed by atoms with E-state index in [9.17, 15) is 33.3 Å². The van der Waals surface area contributed by atoms with Gasteiger partial charge in [-0.05, 0) is 42.5 Å². The monoisotopic (exact) mass is 461 g/mol. The Kier molecular flexibility index (Phi) is 6.32. The molecule has 1 amide bonds. The maximum absolute atomic E-state index is 13.0. The zero-order valence-electron chi connectivity index (χ0n) is 15.8. The van der Waals surface area contributed by atoms with Crippen molar-refractivity contribution < 1.29 is 27.3 Å². The molecule has 0 saturated heterocycles. The molecule has 2 aromatic carbocycles. The number of nitro benzene ring substituents is 1. The Labute approximate surface area is 183 Å². The first-order valence-electron chi connectivity index (χ1n) is 8.73. The lowest BCUT2D eigenvalue weighted by Crippen LogP contribution is -2.14. The van der Waals surface area contributed by atoms with Crippen LogP contribution in [0, 0.1) is 21.4 Å². The first-order chi connectivity index (χ1) is 15.1. The topological polar surface area (TPSA) is 109 Å². The lowest BCUT2D eigenvalue weighted by molar-refractivity contribution is -0.384. The second-order valence-corrected chi connectivity index (χ2v) is 6.73. The van der Waals surface area contributed by atoms with Gasteiger partial charge < -0.3 is 9.73 Å². The molecule has 3 aromatic rings. The third-order valence-corrected chi connectivity index (χ3v) is 4.50. The van der Waals surface area contributed by atoms with Crippen molar-refractivity contribution in [2.45, 2.75) is 6.18 Å². The molecule has 0 fully saturated rings. The Hall–Kier alpha value is -4.10. The van der Waals surface area contributed by atoms with E-state index < -0.39 is 33.2 Å². The van der Waals surface area contributed by atoms with Crippen LogP contribution in [0.25, 0.3) is 17.4 Å². The minimum absolute atomic E-state index is 0.0975. The lowest BCUT2D eigenvalue weighted by atomic mass is 10.1. The maximum atomic E-state index is 13.0. The third kappa shape index (κ3) is 5.14. The van der Waals surface area contributed by atoms with Crippen LogP contribution >= 0.6 is 11.6 Å². The molecule has 0 bridgehead atoms. The normalized spacial score (nSPS) is 11.7. The SMILES string of the molecule is N#CC(=Cc1ccc(-c2ccc([N+](=O)[O-])cc2)o1)C(=O)Nc1ccc(Cl)c(C(F)(F)F)c1. The molecule has 0 aliphatic rings. The van der Waals surface area contributed by atoms with E-state index in [1.807, 2.05) is 0 Å². The standard InChI is InChI=1S/C21H11ClF3N3O4/c22-18-7-3-14(10-17(18)21(23,24)25)27-20(29)13(11-26)9-16-6-8-19(32-16)12-1-4-15(5-2-12)28(30)31/h1-10H,(H,27,29). The average Bonchev–Trinajstić information content (AvgIpc) is 3.21. The Morgan fingerprint density at radius 1 is 1.16 bits per heavy atom. The predicted octanol–water partition coefficient (Wildman–Crippen LogP) is 6.07. The molecular weight excluding hydrogens is 451 g/mol. The number of rotatable bonds is 5. The summed E-state index contributed by atoms with van der Waals surface area (Å²) in [7, 11) is 0. The number of anilines is 1. The summed E-state index contributed by atoms with van der Waals surface area (Å²) >= 11 is 5.55. The van der Waals surface area contributed by atoms with Gasteiger partial charge in [0.05, 0.1) is 15.5 Å². The van der Waals surface area contributed by atoms with Gasteiger partial charge >= 0.3 is 6.18 Å². The van der Waals surface area contributed by atoms with Gasteiger partial charge in [0.15, 0.2) is 0 Å². The number of hydrogen-bond acceptors (Lipinski definition) is 5. The molecule has 3 rings (SSSR count). The largest absolute Gasteiger partial charge is 0.457 e. The summed E-state index contributed by atoms with van der Waals surface area (Å²) in [6.45, 7) is 0. The average molecular weight is 462 g/mol. The number of benzene rings is 2. The Morgan fingerprint density at radius 3 is 2.44 bits per heavy atom. The van der Waals surface area contributed by atoms with Gasteiger partial charge in [0.2, 0.25) is 0 Å². The fraction of sp³-hybridized carbons (Fsp3) is 0.0476. The van der Waals surface area contributed by atoms with Crippen LogP contribution in [0.15, 0.2) is 64.6 Å². The minimum atomic E-state index is -4.71. The number of hydrogen-bond donors (Lipinski definition) is 1. The number of nitro groups is 1. The van der Waals surface area contributed by atoms with Crippen molar-refractivity contribution in [3.05, 3.63) is 86.6 Å². The summed E-state index contributed by atoms with van der Waals surface area (Å²) in [5, 5.41) is 21.7. The van der Waals surface area contributed by atoms with Crippen LogP contribution in [-0.4, -0.2) is 10.8 Å². The number of nitriles is 1. The molecule has 0 aliphatic carbocycles. The molecule has 0 saturated carbocycles. The molecule has 162 valence electrons. The fourth-order valence-electron chi connectivity index (χ4n) is 2.64. The smallest absolute Gasteiger partial charge is 0.417 e. The van der Waals surface area contributed by atoms with Crippen molar-refractivity contribution in [1.29, 1.82) is 5.26 Å². The van der Waals surface area contributed by atoms with E-state index in [0.29, 0.717) is 17.4 Å². The van der Waals surface area contributed by atoms with Crippen molar-refractivity contribution in [1.82, 2.24) is 0 Å². The van der Waals surface area contributed by atoms with E-state index in [4.69, 9.17) is 16.0 Å². The first-order valence-corrected chi connectivity index (χ1v) is 9.11. The highest BCUT2D eigenvalue weighted by Gasteiger charge is 2.33. The number of carbonyl (C=O) groups is 1. The molecule has 0 spiro atoms. The number of alkyl halides is 3. The van der Waals surface area contributed by atoms with Gasteiger partial charge in [-0.1, -0.05) is 11.6 Å². The molecule has 7 nitrogen and oxygen atoms in total. The van der Waals surface area contributed by atoms with Crippen LogP contribution in [-0.2, 0) is 11.0 Å². The zero-order chi connectivity index (χ0) is 23.5. The minimum Gasteiger partial charge on any atom is -0.457 e. The highest BCUT2D eigenvalue weighted by atomic mass is 35.5. The van der Waals surface area contributed by atoms with E-state index in [0.717, 1.165) is 12.1 Å². The quantitative estimate of drug-likeness (QED) is 0.214. The molecule has 0 atom stereocenters. The van der Waals surface area contributed by atoms with Crippen molar-refractivity contribution in [3.63, 3.8) is 0 Å². The van der Waals surface area contributed by atoms with Crippen LogP contribution in [0.4, 0.5) is 24.5 Å². The number of nitrogens with zero attached hydrogens (tertiary/aromatic N) is 2.